The number of nitriles is 1. The first-order valence-electron chi connectivity index (χ1n) is 10.7. The molecule has 0 atom stereocenters. The lowest BCUT2D eigenvalue weighted by Crippen LogP contribution is -1.96. The van der Waals surface area contributed by atoms with Crippen LogP contribution in [0.15, 0.2) is 42.6 Å². The number of hydrogen-bond donors (Lipinski definition) is 1. The maximum atomic E-state index is 11.1. The van der Waals surface area contributed by atoms with Crippen molar-refractivity contribution in [3.8, 4) is 15.8 Å². The van der Waals surface area contributed by atoms with E-state index in [0.29, 0.717) is 0 Å². The van der Waals surface area contributed by atoms with Crippen molar-refractivity contribution in [1.82, 2.24) is 0 Å². The Hall–Kier alpha value is -1.02. The van der Waals surface area contributed by atoms with Gasteiger partial charge in [-0.3, -0.25) is 0 Å². The molecule has 174 valence electrons. The summed E-state index contributed by atoms with van der Waals surface area (Å²) in [7, 11) is 0. The molecule has 2 aromatic heterocycles. The molecule has 3 rings (SSSR count). The van der Waals surface area contributed by atoms with Crippen LogP contribution in [0.1, 0.15) is 49.3 Å². The van der Waals surface area contributed by atoms with Crippen molar-refractivity contribution in [2.24, 2.45) is 0 Å². The Balaban J connectivity index is 1.70. The zero-order valence-corrected chi connectivity index (χ0v) is 23.4. The second-order valence-electron chi connectivity index (χ2n) is 7.03. The summed E-state index contributed by atoms with van der Waals surface area (Å²) in [6.45, 7) is 4.48. The Labute approximate surface area is 220 Å². The third-order valence-electron chi connectivity index (χ3n) is 4.41. The van der Waals surface area contributed by atoms with E-state index in [1.165, 1.54) is 72.2 Å². The molecule has 0 saturated heterocycles. The topological polar surface area (TPSA) is 61.1 Å². The summed E-state index contributed by atoms with van der Waals surface area (Å²) >= 11 is 11.0. The Kier molecular flexibility index (Phi) is 11.1. The molecule has 3 nitrogen and oxygen atoms in total. The van der Waals surface area contributed by atoms with Crippen molar-refractivity contribution in [2.45, 2.75) is 39.5 Å². The van der Waals surface area contributed by atoms with Crippen LogP contribution in [0.25, 0.3) is 21.9 Å². The molecule has 2 aromatic rings. The molecule has 0 unspecified atom stereocenters. The van der Waals surface area contributed by atoms with Crippen molar-refractivity contribution in [3.63, 3.8) is 0 Å². The van der Waals surface area contributed by atoms with Crippen LogP contribution >= 0.6 is 69.7 Å². The maximum absolute atomic E-state index is 11.1. The van der Waals surface area contributed by atoms with Gasteiger partial charge in [-0.1, -0.05) is 50.2 Å². The molecule has 1 aliphatic heterocycles. The van der Waals surface area contributed by atoms with Gasteiger partial charge < -0.3 is 5.11 Å². The summed E-state index contributed by atoms with van der Waals surface area (Å²) < 4.78 is 4.24. The summed E-state index contributed by atoms with van der Waals surface area (Å²) in [5, 5.41) is 18.0. The van der Waals surface area contributed by atoms with Crippen molar-refractivity contribution in [2.75, 3.05) is 11.5 Å². The third-order valence-corrected chi connectivity index (χ3v) is 12.2. The Morgan fingerprint density at radius 2 is 1.52 bits per heavy atom. The molecule has 3 heterocycles. The Bertz CT molecular complexity index is 1080. The lowest BCUT2D eigenvalue weighted by atomic mass is 10.2. The van der Waals surface area contributed by atoms with Gasteiger partial charge in [-0.25, -0.2) is 4.79 Å². The number of thiophene rings is 2. The lowest BCUT2D eigenvalue weighted by Gasteiger charge is -2.03. The molecule has 9 heteroatoms. The van der Waals surface area contributed by atoms with E-state index in [9.17, 15) is 4.79 Å². The van der Waals surface area contributed by atoms with Crippen LogP contribution in [0.2, 0.25) is 0 Å². The standard InChI is InChI=1S/C24H25NO2S6/c1-3-5-11-28-23-24(29-12-6-4-2)33-21(32-23)14-18-8-10-20(31-18)19-9-7-17(30-19)13-16(15-25)22(26)27/h7-10,13-14H,3-6,11-12H2,1-2H3,(H,26,27)/b16-13+. The van der Waals surface area contributed by atoms with Crippen molar-refractivity contribution >= 4 is 87.8 Å². The summed E-state index contributed by atoms with van der Waals surface area (Å²) in [5.41, 5.74) is -0.247. The molecule has 33 heavy (non-hydrogen) atoms. The Morgan fingerprint density at radius 1 is 0.970 bits per heavy atom. The van der Waals surface area contributed by atoms with Gasteiger partial charge in [0.2, 0.25) is 0 Å². The van der Waals surface area contributed by atoms with Crippen molar-refractivity contribution in [1.29, 1.82) is 5.26 Å². The number of unbranched alkanes of at least 4 members (excludes halogenated alkanes) is 2. The summed E-state index contributed by atoms with van der Waals surface area (Å²) in [6, 6.07) is 9.85. The third kappa shape index (κ3) is 8.01. The Morgan fingerprint density at radius 3 is 2.03 bits per heavy atom. The number of carboxylic acid groups (broad SMARTS) is 1. The van der Waals surface area contributed by atoms with Crippen LogP contribution in [0, 0.1) is 11.3 Å². The number of hydrogen-bond acceptors (Lipinski definition) is 8. The van der Waals surface area contributed by atoms with E-state index in [-0.39, 0.29) is 5.57 Å². The molecule has 0 saturated carbocycles. The number of carbonyl (C=O) groups is 1. The van der Waals surface area contributed by atoms with E-state index < -0.39 is 5.97 Å². The molecule has 0 bridgehead atoms. The minimum absolute atomic E-state index is 0.247. The average molecular weight is 552 g/mol. The minimum Gasteiger partial charge on any atom is -0.477 e. The molecular weight excluding hydrogens is 527 g/mol. The second kappa shape index (κ2) is 13.8. The quantitative estimate of drug-likeness (QED) is 0.160. The number of nitrogens with zero attached hydrogens (tertiary/aromatic N) is 1. The molecule has 0 aromatic carbocycles. The highest BCUT2D eigenvalue weighted by Crippen LogP contribution is 2.58. The summed E-state index contributed by atoms with van der Waals surface area (Å²) in [5.74, 6) is 1.16. The van der Waals surface area contributed by atoms with E-state index in [1.807, 2.05) is 59.2 Å². The van der Waals surface area contributed by atoms with E-state index >= 15 is 0 Å². The van der Waals surface area contributed by atoms with Crippen molar-refractivity contribution < 1.29 is 9.90 Å². The molecule has 1 aliphatic rings. The largest absolute Gasteiger partial charge is 0.477 e. The second-order valence-corrected chi connectivity index (χ2v) is 14.3. The number of aliphatic carboxylic acids is 1. The van der Waals surface area contributed by atoms with E-state index in [1.54, 1.807) is 17.4 Å². The van der Waals surface area contributed by atoms with Crippen molar-refractivity contribution in [3.05, 3.63) is 52.3 Å². The van der Waals surface area contributed by atoms with Gasteiger partial charge in [-0.15, -0.1) is 46.2 Å². The van der Waals surface area contributed by atoms with Gasteiger partial charge >= 0.3 is 5.97 Å². The molecule has 0 fully saturated rings. The van der Waals surface area contributed by atoms with Crippen LogP contribution in [0.3, 0.4) is 0 Å². The van der Waals surface area contributed by atoms with Crippen LogP contribution in [0.5, 0.6) is 0 Å². The summed E-state index contributed by atoms with van der Waals surface area (Å²) in [4.78, 5) is 15.3. The van der Waals surface area contributed by atoms with Crippen LogP contribution in [0.4, 0.5) is 0 Å². The first kappa shape index (κ1) is 26.6. The molecule has 1 N–H and O–H groups in total. The number of thioether (sulfide) groups is 4. The molecular formula is C24H25NO2S6. The predicted octanol–water partition coefficient (Wildman–Crippen LogP) is 9.44. The molecule has 0 radical (unpaired) electrons. The van der Waals surface area contributed by atoms with Gasteiger partial charge in [0, 0.05) is 19.5 Å². The van der Waals surface area contributed by atoms with Gasteiger partial charge in [0.05, 0.1) is 12.7 Å². The number of carboxylic acids is 1. The molecule has 0 aliphatic carbocycles. The monoisotopic (exact) mass is 551 g/mol. The fourth-order valence-corrected chi connectivity index (χ4v) is 10.9. The first-order valence-corrected chi connectivity index (χ1v) is 15.9. The summed E-state index contributed by atoms with van der Waals surface area (Å²) in [6.07, 6.45) is 8.67. The van der Waals surface area contributed by atoms with Crippen LogP contribution in [-0.2, 0) is 4.79 Å². The van der Waals surface area contributed by atoms with Gasteiger partial charge in [0.1, 0.15) is 11.6 Å². The zero-order valence-electron chi connectivity index (χ0n) is 18.5. The average Bonchev–Trinajstić information content (AvgIpc) is 3.53. The lowest BCUT2D eigenvalue weighted by molar-refractivity contribution is -0.132. The smallest absolute Gasteiger partial charge is 0.346 e. The maximum Gasteiger partial charge on any atom is 0.346 e. The highest BCUT2D eigenvalue weighted by atomic mass is 32.3. The highest BCUT2D eigenvalue weighted by Gasteiger charge is 2.22. The minimum atomic E-state index is -1.20. The molecule has 0 spiro atoms. The first-order chi connectivity index (χ1) is 16.0. The normalized spacial score (nSPS) is 14.1. The zero-order chi connectivity index (χ0) is 23.6. The van der Waals surface area contributed by atoms with Gasteiger partial charge in [0.15, 0.2) is 0 Å². The predicted molar refractivity (Wildman–Crippen MR) is 154 cm³/mol. The highest BCUT2D eigenvalue weighted by molar-refractivity contribution is 8.40. The molecule has 0 amide bonds. The van der Waals surface area contributed by atoms with E-state index in [0.717, 1.165) is 14.6 Å². The SMILES string of the molecule is CCCCSC1=C(SCCCC)SC(=Cc2ccc(-c3ccc(/C=C(\C#N)C(=O)O)s3)s2)S1. The van der Waals surface area contributed by atoms with Gasteiger partial charge in [-0.05, 0) is 60.8 Å². The number of rotatable bonds is 12. The van der Waals surface area contributed by atoms with Crippen LogP contribution in [-0.4, -0.2) is 22.6 Å². The van der Waals surface area contributed by atoms with Gasteiger partial charge in [-0.2, -0.15) is 5.26 Å². The van der Waals surface area contributed by atoms with E-state index in [4.69, 9.17) is 10.4 Å². The van der Waals surface area contributed by atoms with Crippen LogP contribution < -0.4 is 0 Å². The van der Waals surface area contributed by atoms with E-state index in [2.05, 4.69) is 32.1 Å². The fraction of sp³-hybridized carbons (Fsp3) is 0.333. The van der Waals surface area contributed by atoms with Gasteiger partial charge in [0.25, 0.3) is 0 Å². The fourth-order valence-electron chi connectivity index (χ4n) is 2.67.